The molecule has 0 saturated carbocycles. The van der Waals surface area contributed by atoms with Crippen molar-refractivity contribution >= 4 is 49.1 Å². The first kappa shape index (κ1) is 12.1. The summed E-state index contributed by atoms with van der Waals surface area (Å²) in [5.74, 6) is -0.852. The van der Waals surface area contributed by atoms with Crippen molar-refractivity contribution in [1.82, 2.24) is 9.97 Å². The molecular formula is C12H7ClN2O3S. The number of fused-ring (bicyclic) bond motifs is 3. The van der Waals surface area contributed by atoms with Crippen molar-refractivity contribution < 1.29 is 14.6 Å². The van der Waals surface area contributed by atoms with Crippen LogP contribution in [0.1, 0.15) is 10.5 Å². The molecule has 3 aromatic rings. The van der Waals surface area contributed by atoms with Gasteiger partial charge < -0.3 is 9.84 Å². The Labute approximate surface area is 116 Å². The largest absolute Gasteiger partial charge is 0.504 e. The number of ether oxygens (including phenoxy) is 1. The van der Waals surface area contributed by atoms with E-state index in [1.54, 1.807) is 12.3 Å². The van der Waals surface area contributed by atoms with E-state index in [0.717, 1.165) is 15.5 Å². The average Bonchev–Trinajstić information content (AvgIpc) is 2.77. The molecule has 0 bridgehead atoms. The summed E-state index contributed by atoms with van der Waals surface area (Å²) in [5, 5.41) is 12.1. The smallest absolute Gasteiger partial charge is 0.360 e. The van der Waals surface area contributed by atoms with Gasteiger partial charge in [-0.2, -0.15) is 0 Å². The van der Waals surface area contributed by atoms with E-state index in [1.165, 1.54) is 24.6 Å². The van der Waals surface area contributed by atoms with Crippen molar-refractivity contribution in [2.75, 3.05) is 7.11 Å². The molecule has 0 saturated heterocycles. The van der Waals surface area contributed by atoms with Gasteiger partial charge in [0.05, 0.1) is 16.5 Å². The number of nitrogens with zero attached hydrogens (tertiary/aromatic N) is 2. The first-order valence-corrected chi connectivity index (χ1v) is 6.45. The predicted molar refractivity (Wildman–Crippen MR) is 72.9 cm³/mol. The zero-order chi connectivity index (χ0) is 13.6. The molecule has 19 heavy (non-hydrogen) atoms. The van der Waals surface area contributed by atoms with Crippen molar-refractivity contribution in [2.45, 2.75) is 0 Å². The number of esters is 1. The molecule has 0 unspecified atom stereocenters. The van der Waals surface area contributed by atoms with Crippen LogP contribution in [0.4, 0.5) is 0 Å². The monoisotopic (exact) mass is 294 g/mol. The van der Waals surface area contributed by atoms with Gasteiger partial charge >= 0.3 is 5.97 Å². The third-order valence-electron chi connectivity index (χ3n) is 2.72. The summed E-state index contributed by atoms with van der Waals surface area (Å²) < 4.78 is 5.99. The number of thiophene rings is 1. The zero-order valence-electron chi connectivity index (χ0n) is 9.68. The van der Waals surface area contributed by atoms with Crippen molar-refractivity contribution in [3.8, 4) is 5.75 Å². The molecule has 0 aliphatic heterocycles. The van der Waals surface area contributed by atoms with Crippen LogP contribution in [0.3, 0.4) is 0 Å². The average molecular weight is 295 g/mol. The van der Waals surface area contributed by atoms with Gasteiger partial charge in [-0.15, -0.1) is 11.3 Å². The molecule has 0 aliphatic carbocycles. The lowest BCUT2D eigenvalue weighted by molar-refractivity contribution is 0.0591. The van der Waals surface area contributed by atoms with Crippen molar-refractivity contribution in [1.29, 1.82) is 0 Å². The van der Waals surface area contributed by atoms with Crippen molar-refractivity contribution in [2.24, 2.45) is 0 Å². The van der Waals surface area contributed by atoms with E-state index in [2.05, 4.69) is 14.7 Å². The summed E-state index contributed by atoms with van der Waals surface area (Å²) in [6, 6.07) is 1.70. The Bertz CT molecular complexity index is 815. The van der Waals surface area contributed by atoms with Crippen LogP contribution in [0.5, 0.6) is 5.75 Å². The molecule has 5 nitrogen and oxygen atoms in total. The minimum atomic E-state index is -0.673. The first-order valence-electron chi connectivity index (χ1n) is 5.26. The molecule has 96 valence electrons. The third kappa shape index (κ3) is 1.80. The van der Waals surface area contributed by atoms with Gasteiger partial charge in [-0.05, 0) is 6.07 Å². The highest BCUT2D eigenvalue weighted by atomic mass is 35.5. The molecule has 3 heterocycles. The SMILES string of the molecule is COC(=O)c1ncc2c(sc3cnc(Cl)cc32)c1O. The molecule has 0 spiro atoms. The van der Waals surface area contributed by atoms with Gasteiger partial charge in [-0.25, -0.2) is 14.8 Å². The molecule has 0 fully saturated rings. The van der Waals surface area contributed by atoms with Crippen LogP contribution in [0.25, 0.3) is 20.2 Å². The molecule has 0 aromatic carbocycles. The van der Waals surface area contributed by atoms with Gasteiger partial charge in [0, 0.05) is 23.2 Å². The zero-order valence-corrected chi connectivity index (χ0v) is 11.2. The molecule has 0 radical (unpaired) electrons. The van der Waals surface area contributed by atoms with E-state index in [-0.39, 0.29) is 11.4 Å². The number of halogens is 1. The normalized spacial score (nSPS) is 11.1. The second-order valence-corrected chi connectivity index (χ2v) is 5.23. The number of rotatable bonds is 1. The Kier molecular flexibility index (Phi) is 2.76. The maximum Gasteiger partial charge on any atom is 0.360 e. The quantitative estimate of drug-likeness (QED) is 0.552. The van der Waals surface area contributed by atoms with Gasteiger partial charge in [-0.3, -0.25) is 0 Å². The summed E-state index contributed by atoms with van der Waals surface area (Å²) in [7, 11) is 1.24. The van der Waals surface area contributed by atoms with Crippen LogP contribution < -0.4 is 0 Å². The minimum Gasteiger partial charge on any atom is -0.504 e. The van der Waals surface area contributed by atoms with Crippen molar-refractivity contribution in [3.05, 3.63) is 29.3 Å². The second kappa shape index (κ2) is 4.32. The predicted octanol–water partition coefficient (Wildman–Crippen LogP) is 2.99. The van der Waals surface area contributed by atoms with Crippen LogP contribution in [-0.2, 0) is 4.74 Å². The Hall–Kier alpha value is -1.92. The molecule has 0 amide bonds. The van der Waals surface area contributed by atoms with Crippen molar-refractivity contribution in [3.63, 3.8) is 0 Å². The van der Waals surface area contributed by atoms with Crippen LogP contribution in [0.15, 0.2) is 18.5 Å². The van der Waals surface area contributed by atoms with Crippen LogP contribution >= 0.6 is 22.9 Å². The summed E-state index contributed by atoms with van der Waals surface area (Å²) in [4.78, 5) is 19.4. The highest BCUT2D eigenvalue weighted by molar-refractivity contribution is 7.26. The summed E-state index contributed by atoms with van der Waals surface area (Å²) in [5.41, 5.74) is -0.0967. The van der Waals surface area contributed by atoms with E-state index in [9.17, 15) is 9.90 Å². The van der Waals surface area contributed by atoms with Gasteiger partial charge in [0.2, 0.25) is 0 Å². The van der Waals surface area contributed by atoms with Crippen LogP contribution in [-0.4, -0.2) is 28.2 Å². The molecule has 3 aromatic heterocycles. The summed E-state index contributed by atoms with van der Waals surface area (Å²) in [6.07, 6.45) is 3.15. The van der Waals surface area contributed by atoms with Crippen LogP contribution in [0, 0.1) is 0 Å². The lowest BCUT2D eigenvalue weighted by Crippen LogP contribution is -2.04. The molecule has 0 aliphatic rings. The lowest BCUT2D eigenvalue weighted by Gasteiger charge is -2.01. The molecular weight excluding hydrogens is 288 g/mol. The second-order valence-electron chi connectivity index (χ2n) is 3.80. The Morgan fingerprint density at radius 3 is 2.89 bits per heavy atom. The Morgan fingerprint density at radius 1 is 1.37 bits per heavy atom. The number of hydrogen-bond donors (Lipinski definition) is 1. The number of aromatic nitrogens is 2. The van der Waals surface area contributed by atoms with Gasteiger partial charge in [0.25, 0.3) is 0 Å². The maximum absolute atomic E-state index is 11.5. The molecule has 3 rings (SSSR count). The van der Waals surface area contributed by atoms with E-state index in [0.29, 0.717) is 9.85 Å². The first-order chi connectivity index (χ1) is 9.11. The summed E-state index contributed by atoms with van der Waals surface area (Å²) in [6.45, 7) is 0. The van der Waals surface area contributed by atoms with Gasteiger partial charge in [0.15, 0.2) is 11.4 Å². The fourth-order valence-electron chi connectivity index (χ4n) is 1.84. The summed E-state index contributed by atoms with van der Waals surface area (Å²) >= 11 is 7.18. The minimum absolute atomic E-state index is 0.0967. The Balaban J connectivity index is 2.38. The third-order valence-corrected chi connectivity index (χ3v) is 4.09. The number of carbonyl (C=O) groups excluding carboxylic acids is 1. The molecule has 1 N–H and O–H groups in total. The van der Waals surface area contributed by atoms with Gasteiger partial charge in [-0.1, -0.05) is 11.6 Å². The lowest BCUT2D eigenvalue weighted by atomic mass is 10.2. The number of methoxy groups -OCH3 is 1. The number of pyridine rings is 2. The van der Waals surface area contributed by atoms with Crippen LogP contribution in [0.2, 0.25) is 5.15 Å². The van der Waals surface area contributed by atoms with Gasteiger partial charge in [0.1, 0.15) is 5.15 Å². The molecule has 0 atom stereocenters. The number of carbonyl (C=O) groups is 1. The van der Waals surface area contributed by atoms with E-state index < -0.39 is 5.97 Å². The van der Waals surface area contributed by atoms with E-state index in [4.69, 9.17) is 11.6 Å². The topological polar surface area (TPSA) is 72.3 Å². The highest BCUT2D eigenvalue weighted by Crippen LogP contribution is 2.39. The van der Waals surface area contributed by atoms with E-state index in [1.807, 2.05) is 0 Å². The van der Waals surface area contributed by atoms with E-state index >= 15 is 0 Å². The fourth-order valence-corrected chi connectivity index (χ4v) is 3.07. The standard InChI is InChI=1S/C12H7ClN2O3S/c1-18-12(17)9-10(16)11-6(3-15-9)5-2-8(13)14-4-7(5)19-11/h2-4,16H,1H3. The fraction of sp³-hybridized carbons (Fsp3) is 0.0833. The Morgan fingerprint density at radius 2 is 2.16 bits per heavy atom. The number of hydrogen-bond acceptors (Lipinski definition) is 6. The maximum atomic E-state index is 11.5. The highest BCUT2D eigenvalue weighted by Gasteiger charge is 2.19. The number of aromatic hydroxyl groups is 1. The molecule has 7 heteroatoms.